The van der Waals surface area contributed by atoms with Gasteiger partial charge in [-0.2, -0.15) is 0 Å². The third-order valence-electron chi connectivity index (χ3n) is 2.63. The van der Waals surface area contributed by atoms with Gasteiger partial charge in [-0.1, -0.05) is 30.3 Å². The quantitative estimate of drug-likeness (QED) is 0.846. The zero-order chi connectivity index (χ0) is 14.4. The van der Waals surface area contributed by atoms with Gasteiger partial charge < -0.3 is 15.2 Å². The van der Waals surface area contributed by atoms with E-state index in [1.807, 2.05) is 30.3 Å². The molecule has 20 heavy (non-hydrogen) atoms. The summed E-state index contributed by atoms with van der Waals surface area (Å²) >= 11 is 0. The predicted molar refractivity (Wildman–Crippen MR) is 75.4 cm³/mol. The lowest BCUT2D eigenvalue weighted by Gasteiger charge is -2.09. The van der Waals surface area contributed by atoms with Crippen LogP contribution in [0.3, 0.4) is 0 Å². The molecule has 0 spiro atoms. The van der Waals surface area contributed by atoms with Gasteiger partial charge in [0.15, 0.2) is 0 Å². The number of nitrogen functional groups attached to an aromatic ring is 1. The summed E-state index contributed by atoms with van der Waals surface area (Å²) in [6.07, 6.45) is 1.40. The second-order valence-corrected chi connectivity index (χ2v) is 4.10. The molecule has 1 aromatic heterocycles. The van der Waals surface area contributed by atoms with E-state index in [1.54, 1.807) is 6.92 Å². The van der Waals surface area contributed by atoms with E-state index in [4.69, 9.17) is 15.2 Å². The number of nitrogens with two attached hydrogens (primary N) is 1. The number of carbonyl (C=O) groups is 1. The van der Waals surface area contributed by atoms with Gasteiger partial charge >= 0.3 is 5.97 Å². The van der Waals surface area contributed by atoms with E-state index in [2.05, 4.69) is 4.98 Å². The smallest absolute Gasteiger partial charge is 0.340 e. The number of hydrogen-bond donors (Lipinski definition) is 1. The highest BCUT2D eigenvalue weighted by Gasteiger charge is 2.13. The Morgan fingerprint density at radius 3 is 2.75 bits per heavy atom. The summed E-state index contributed by atoms with van der Waals surface area (Å²) in [5.74, 6) is -0.136. The van der Waals surface area contributed by atoms with Crippen molar-refractivity contribution in [1.82, 2.24) is 4.98 Å². The third kappa shape index (κ3) is 3.47. The summed E-state index contributed by atoms with van der Waals surface area (Å²) in [7, 11) is 0. The molecule has 1 aromatic carbocycles. The molecular formula is C15H16N2O3. The molecule has 0 fully saturated rings. The van der Waals surface area contributed by atoms with Crippen LogP contribution in [0.15, 0.2) is 42.6 Å². The first-order valence-electron chi connectivity index (χ1n) is 6.30. The average Bonchev–Trinajstić information content (AvgIpc) is 2.47. The first kappa shape index (κ1) is 13.9. The summed E-state index contributed by atoms with van der Waals surface area (Å²) in [6.45, 7) is 2.41. The van der Waals surface area contributed by atoms with Gasteiger partial charge in [0.1, 0.15) is 6.61 Å². The van der Waals surface area contributed by atoms with Crippen LogP contribution in [0.25, 0.3) is 0 Å². The fraction of sp³-hybridized carbons (Fsp3) is 0.200. The van der Waals surface area contributed by atoms with Gasteiger partial charge in [0, 0.05) is 6.07 Å². The van der Waals surface area contributed by atoms with Gasteiger partial charge in [0.2, 0.25) is 5.88 Å². The maximum absolute atomic E-state index is 11.7. The summed E-state index contributed by atoms with van der Waals surface area (Å²) in [5, 5.41) is 0. The van der Waals surface area contributed by atoms with Gasteiger partial charge in [0.05, 0.1) is 24.1 Å². The Balaban J connectivity index is 2.09. The van der Waals surface area contributed by atoms with E-state index in [-0.39, 0.29) is 11.3 Å². The van der Waals surface area contributed by atoms with E-state index in [0.717, 1.165) is 5.56 Å². The summed E-state index contributed by atoms with van der Waals surface area (Å²) < 4.78 is 10.5. The number of anilines is 1. The largest absolute Gasteiger partial charge is 0.473 e. The van der Waals surface area contributed by atoms with Gasteiger partial charge in [-0.15, -0.1) is 0 Å². The van der Waals surface area contributed by atoms with Gasteiger partial charge in [0.25, 0.3) is 0 Å². The van der Waals surface area contributed by atoms with Crippen molar-refractivity contribution >= 4 is 11.7 Å². The standard InChI is InChI=1S/C15H16N2O3/c1-2-19-15(18)12-8-14(17-9-13(12)16)20-10-11-6-4-3-5-7-11/h3-9H,2,10,16H2,1H3. The number of esters is 1. The molecule has 0 amide bonds. The molecule has 1 heterocycles. The Hall–Kier alpha value is -2.56. The normalized spacial score (nSPS) is 10.1. The molecule has 0 saturated heterocycles. The van der Waals surface area contributed by atoms with Crippen LogP contribution in [0.5, 0.6) is 5.88 Å². The Labute approximate surface area is 117 Å². The Kier molecular flexibility index (Phi) is 4.55. The number of hydrogen-bond acceptors (Lipinski definition) is 5. The van der Waals surface area contributed by atoms with Crippen LogP contribution < -0.4 is 10.5 Å². The highest BCUT2D eigenvalue weighted by atomic mass is 16.5. The van der Waals surface area contributed by atoms with E-state index < -0.39 is 5.97 Å². The van der Waals surface area contributed by atoms with Crippen molar-refractivity contribution < 1.29 is 14.3 Å². The van der Waals surface area contributed by atoms with Crippen molar-refractivity contribution in [3.63, 3.8) is 0 Å². The Morgan fingerprint density at radius 1 is 1.30 bits per heavy atom. The molecule has 2 N–H and O–H groups in total. The molecule has 104 valence electrons. The predicted octanol–water partition coefficient (Wildman–Crippen LogP) is 2.42. The fourth-order valence-corrected chi connectivity index (χ4v) is 1.64. The summed E-state index contributed by atoms with van der Waals surface area (Å²) in [4.78, 5) is 15.7. The molecule has 0 aliphatic rings. The molecule has 2 aromatic rings. The number of rotatable bonds is 5. The van der Waals surface area contributed by atoms with Crippen molar-refractivity contribution in [2.24, 2.45) is 0 Å². The van der Waals surface area contributed by atoms with Gasteiger partial charge in [-0.3, -0.25) is 0 Å². The second-order valence-electron chi connectivity index (χ2n) is 4.10. The second kappa shape index (κ2) is 6.56. The first-order valence-corrected chi connectivity index (χ1v) is 6.30. The Morgan fingerprint density at radius 2 is 2.05 bits per heavy atom. The monoisotopic (exact) mass is 272 g/mol. The summed E-state index contributed by atoms with van der Waals surface area (Å²) in [6, 6.07) is 11.2. The molecule has 5 heteroatoms. The minimum atomic E-state index is -0.475. The first-order chi connectivity index (χ1) is 9.70. The molecule has 0 radical (unpaired) electrons. The van der Waals surface area contributed by atoms with E-state index in [1.165, 1.54) is 12.3 Å². The lowest BCUT2D eigenvalue weighted by atomic mass is 10.2. The highest BCUT2D eigenvalue weighted by Crippen LogP contribution is 2.18. The molecule has 0 aliphatic carbocycles. The molecular weight excluding hydrogens is 256 g/mol. The third-order valence-corrected chi connectivity index (χ3v) is 2.63. The van der Waals surface area contributed by atoms with Gasteiger partial charge in [-0.25, -0.2) is 9.78 Å². The van der Waals surface area contributed by atoms with Crippen molar-refractivity contribution in [2.45, 2.75) is 13.5 Å². The minimum absolute atomic E-state index is 0.268. The number of pyridine rings is 1. The van der Waals surface area contributed by atoms with Gasteiger partial charge in [-0.05, 0) is 12.5 Å². The number of nitrogens with zero attached hydrogens (tertiary/aromatic N) is 1. The van der Waals surface area contributed by atoms with Crippen molar-refractivity contribution in [2.75, 3.05) is 12.3 Å². The highest BCUT2D eigenvalue weighted by molar-refractivity contribution is 5.95. The lowest BCUT2D eigenvalue weighted by molar-refractivity contribution is 0.0527. The number of carbonyl (C=O) groups excluding carboxylic acids is 1. The number of ether oxygens (including phenoxy) is 2. The molecule has 5 nitrogen and oxygen atoms in total. The van der Waals surface area contributed by atoms with E-state index >= 15 is 0 Å². The average molecular weight is 272 g/mol. The fourth-order valence-electron chi connectivity index (χ4n) is 1.64. The van der Waals surface area contributed by atoms with Crippen LogP contribution in [-0.4, -0.2) is 17.6 Å². The van der Waals surface area contributed by atoms with Crippen LogP contribution in [0, 0.1) is 0 Å². The van der Waals surface area contributed by atoms with Crippen LogP contribution in [0.2, 0.25) is 0 Å². The molecule has 0 atom stereocenters. The molecule has 0 unspecified atom stereocenters. The van der Waals surface area contributed by atoms with Crippen molar-refractivity contribution in [1.29, 1.82) is 0 Å². The SMILES string of the molecule is CCOC(=O)c1cc(OCc2ccccc2)ncc1N. The number of aromatic nitrogens is 1. The Bertz CT molecular complexity index is 585. The number of benzene rings is 1. The van der Waals surface area contributed by atoms with E-state index in [0.29, 0.717) is 19.1 Å². The minimum Gasteiger partial charge on any atom is -0.473 e. The molecule has 0 bridgehead atoms. The maximum Gasteiger partial charge on any atom is 0.340 e. The molecule has 0 saturated carbocycles. The van der Waals surface area contributed by atoms with Crippen LogP contribution in [0.1, 0.15) is 22.8 Å². The maximum atomic E-state index is 11.7. The zero-order valence-electron chi connectivity index (χ0n) is 11.2. The van der Waals surface area contributed by atoms with Crippen molar-refractivity contribution in [3.8, 4) is 5.88 Å². The van der Waals surface area contributed by atoms with E-state index in [9.17, 15) is 4.79 Å². The lowest BCUT2D eigenvalue weighted by Crippen LogP contribution is -2.09. The topological polar surface area (TPSA) is 74.4 Å². The van der Waals surface area contributed by atoms with Crippen LogP contribution in [-0.2, 0) is 11.3 Å². The molecule has 0 aliphatic heterocycles. The summed E-state index contributed by atoms with van der Waals surface area (Å²) in [5.41, 5.74) is 7.27. The van der Waals surface area contributed by atoms with Crippen LogP contribution in [0.4, 0.5) is 5.69 Å². The van der Waals surface area contributed by atoms with Crippen molar-refractivity contribution in [3.05, 3.63) is 53.7 Å². The van der Waals surface area contributed by atoms with Crippen LogP contribution >= 0.6 is 0 Å². The zero-order valence-corrected chi connectivity index (χ0v) is 11.2. The molecule has 2 rings (SSSR count).